The molecule has 1 aromatic rings. The molecule has 2 rings (SSSR count). The molecule has 1 saturated heterocycles. The van der Waals surface area contributed by atoms with E-state index in [1.54, 1.807) is 0 Å². The fourth-order valence-electron chi connectivity index (χ4n) is 2.00. The number of anilines is 2. The Morgan fingerprint density at radius 1 is 1.07 bits per heavy atom. The normalized spacial score (nSPS) is 18.3. The molecule has 1 heterocycles. The van der Waals surface area contributed by atoms with Crippen LogP contribution in [0.5, 0.6) is 0 Å². The van der Waals surface area contributed by atoms with Crippen molar-refractivity contribution >= 4 is 11.4 Å². The maximum Gasteiger partial charge on any atom is 0.0550 e. The number of piperidine rings is 1. The van der Waals surface area contributed by atoms with Crippen molar-refractivity contribution in [1.29, 1.82) is 0 Å². The fourth-order valence-corrected chi connectivity index (χ4v) is 2.00. The maximum absolute atomic E-state index is 5.79. The third kappa shape index (κ3) is 1.82. The summed E-state index contributed by atoms with van der Waals surface area (Å²) in [4.78, 5) is 0. The summed E-state index contributed by atoms with van der Waals surface area (Å²) in [6.07, 6.45) is 2.40. The van der Waals surface area contributed by atoms with Crippen LogP contribution in [-0.4, -0.2) is 13.1 Å². The monoisotopic (exact) mass is 191 g/mol. The Labute approximate surface area is 84.5 Å². The largest absolute Gasteiger partial charge is 0.397 e. The molecule has 14 heavy (non-hydrogen) atoms. The molecule has 0 radical (unpaired) electrons. The summed E-state index contributed by atoms with van der Waals surface area (Å²) in [5, 5.41) is 3.35. The van der Waals surface area contributed by atoms with Crippen molar-refractivity contribution in [3.05, 3.63) is 23.8 Å². The zero-order valence-electron chi connectivity index (χ0n) is 8.29. The number of benzene rings is 1. The van der Waals surface area contributed by atoms with Gasteiger partial charge in [0.1, 0.15) is 0 Å². The minimum Gasteiger partial charge on any atom is -0.397 e. The molecular formula is C11H17N3. The zero-order chi connectivity index (χ0) is 9.97. The number of hydrogen-bond acceptors (Lipinski definition) is 3. The predicted molar refractivity (Wildman–Crippen MR) is 60.1 cm³/mol. The van der Waals surface area contributed by atoms with E-state index in [2.05, 4.69) is 11.4 Å². The van der Waals surface area contributed by atoms with Crippen LogP contribution < -0.4 is 16.8 Å². The van der Waals surface area contributed by atoms with Crippen LogP contribution in [-0.2, 0) is 0 Å². The van der Waals surface area contributed by atoms with Crippen molar-refractivity contribution in [3.63, 3.8) is 0 Å². The van der Waals surface area contributed by atoms with E-state index in [1.165, 1.54) is 18.4 Å². The Balaban J connectivity index is 2.18. The summed E-state index contributed by atoms with van der Waals surface area (Å²) in [5.74, 6) is 0.652. The van der Waals surface area contributed by atoms with Crippen molar-refractivity contribution in [3.8, 4) is 0 Å². The van der Waals surface area contributed by atoms with Crippen LogP contribution in [0.3, 0.4) is 0 Å². The Morgan fingerprint density at radius 2 is 1.79 bits per heavy atom. The molecule has 76 valence electrons. The van der Waals surface area contributed by atoms with E-state index >= 15 is 0 Å². The molecule has 3 heteroatoms. The van der Waals surface area contributed by atoms with Gasteiger partial charge in [0, 0.05) is 0 Å². The van der Waals surface area contributed by atoms with Crippen LogP contribution in [0.15, 0.2) is 18.2 Å². The molecule has 3 nitrogen and oxygen atoms in total. The molecule has 1 aliphatic rings. The average molecular weight is 191 g/mol. The topological polar surface area (TPSA) is 64.1 Å². The van der Waals surface area contributed by atoms with Gasteiger partial charge in [0.15, 0.2) is 0 Å². The van der Waals surface area contributed by atoms with Crippen molar-refractivity contribution in [2.75, 3.05) is 24.6 Å². The van der Waals surface area contributed by atoms with Gasteiger partial charge in [-0.25, -0.2) is 0 Å². The third-order valence-corrected chi connectivity index (χ3v) is 2.92. The molecule has 0 spiro atoms. The lowest BCUT2D eigenvalue weighted by atomic mass is 9.90. The first-order valence-corrected chi connectivity index (χ1v) is 5.13. The zero-order valence-corrected chi connectivity index (χ0v) is 8.29. The average Bonchev–Trinajstić information content (AvgIpc) is 2.23. The molecule has 1 fully saturated rings. The molecule has 1 aliphatic heterocycles. The van der Waals surface area contributed by atoms with E-state index in [-0.39, 0.29) is 0 Å². The van der Waals surface area contributed by atoms with E-state index in [4.69, 9.17) is 11.5 Å². The summed E-state index contributed by atoms with van der Waals surface area (Å²) >= 11 is 0. The number of rotatable bonds is 1. The third-order valence-electron chi connectivity index (χ3n) is 2.92. The van der Waals surface area contributed by atoms with E-state index in [9.17, 15) is 0 Å². The smallest absolute Gasteiger partial charge is 0.0550 e. The Kier molecular flexibility index (Phi) is 2.59. The first kappa shape index (κ1) is 9.34. The lowest BCUT2D eigenvalue weighted by Gasteiger charge is -2.23. The second-order valence-electron chi connectivity index (χ2n) is 3.91. The summed E-state index contributed by atoms with van der Waals surface area (Å²) in [7, 11) is 0. The van der Waals surface area contributed by atoms with Crippen molar-refractivity contribution < 1.29 is 0 Å². The minimum absolute atomic E-state index is 0.652. The van der Waals surface area contributed by atoms with Gasteiger partial charge >= 0.3 is 0 Å². The van der Waals surface area contributed by atoms with Crippen LogP contribution in [0.25, 0.3) is 0 Å². The van der Waals surface area contributed by atoms with Gasteiger partial charge < -0.3 is 16.8 Å². The van der Waals surface area contributed by atoms with Crippen molar-refractivity contribution in [2.24, 2.45) is 0 Å². The summed E-state index contributed by atoms with van der Waals surface area (Å²) in [6, 6.07) is 6.03. The second-order valence-corrected chi connectivity index (χ2v) is 3.91. The number of nitrogens with two attached hydrogens (primary N) is 2. The molecule has 0 amide bonds. The van der Waals surface area contributed by atoms with Gasteiger partial charge in [0.25, 0.3) is 0 Å². The molecule has 0 atom stereocenters. The minimum atomic E-state index is 0.652. The highest BCUT2D eigenvalue weighted by atomic mass is 14.9. The molecule has 0 saturated carbocycles. The lowest BCUT2D eigenvalue weighted by molar-refractivity contribution is 0.460. The first-order chi connectivity index (χ1) is 6.77. The molecule has 0 aliphatic carbocycles. The molecular weight excluding hydrogens is 174 g/mol. The highest BCUT2D eigenvalue weighted by molar-refractivity contribution is 5.64. The second kappa shape index (κ2) is 3.88. The van der Waals surface area contributed by atoms with Crippen molar-refractivity contribution in [1.82, 2.24) is 5.32 Å². The van der Waals surface area contributed by atoms with E-state index in [0.29, 0.717) is 17.3 Å². The van der Waals surface area contributed by atoms with E-state index < -0.39 is 0 Å². The highest BCUT2D eigenvalue weighted by Gasteiger charge is 2.15. The summed E-state index contributed by atoms with van der Waals surface area (Å²) in [6.45, 7) is 2.21. The van der Waals surface area contributed by atoms with Crippen LogP contribution in [0.4, 0.5) is 11.4 Å². The number of nitrogen functional groups attached to an aromatic ring is 2. The molecule has 5 N–H and O–H groups in total. The maximum atomic E-state index is 5.79. The molecule has 0 bridgehead atoms. The standard InChI is InChI=1S/C11H17N3/c12-10-2-1-9(7-11(10)13)8-3-5-14-6-4-8/h1-2,7-8,14H,3-6,12-13H2. The van der Waals surface area contributed by atoms with Gasteiger partial charge in [-0.15, -0.1) is 0 Å². The van der Waals surface area contributed by atoms with Crippen LogP contribution in [0.1, 0.15) is 24.3 Å². The van der Waals surface area contributed by atoms with Gasteiger partial charge in [0.2, 0.25) is 0 Å². The molecule has 0 unspecified atom stereocenters. The Hall–Kier alpha value is -1.22. The van der Waals surface area contributed by atoms with Crippen LogP contribution >= 0.6 is 0 Å². The Morgan fingerprint density at radius 3 is 2.43 bits per heavy atom. The van der Waals surface area contributed by atoms with Gasteiger partial charge in [-0.2, -0.15) is 0 Å². The van der Waals surface area contributed by atoms with E-state index in [0.717, 1.165) is 13.1 Å². The van der Waals surface area contributed by atoms with Crippen LogP contribution in [0.2, 0.25) is 0 Å². The number of nitrogens with one attached hydrogen (secondary N) is 1. The van der Waals surface area contributed by atoms with Gasteiger partial charge in [-0.1, -0.05) is 6.07 Å². The number of hydrogen-bond donors (Lipinski definition) is 3. The molecule has 1 aromatic carbocycles. The van der Waals surface area contributed by atoms with Gasteiger partial charge in [-0.3, -0.25) is 0 Å². The highest BCUT2D eigenvalue weighted by Crippen LogP contribution is 2.28. The first-order valence-electron chi connectivity index (χ1n) is 5.13. The van der Waals surface area contributed by atoms with Gasteiger partial charge in [-0.05, 0) is 49.5 Å². The predicted octanol–water partition coefficient (Wildman–Crippen LogP) is 1.32. The van der Waals surface area contributed by atoms with E-state index in [1.807, 2.05) is 12.1 Å². The van der Waals surface area contributed by atoms with Crippen LogP contribution in [0, 0.1) is 0 Å². The Bertz CT molecular complexity index is 316. The SMILES string of the molecule is Nc1ccc(C2CCNCC2)cc1N. The summed E-state index contributed by atoms with van der Waals surface area (Å²) < 4.78 is 0. The quantitative estimate of drug-likeness (QED) is 0.586. The fraction of sp³-hybridized carbons (Fsp3) is 0.455. The summed E-state index contributed by atoms with van der Waals surface area (Å²) in [5.41, 5.74) is 14.2. The molecule has 0 aromatic heterocycles. The lowest BCUT2D eigenvalue weighted by Crippen LogP contribution is -2.26. The van der Waals surface area contributed by atoms with Gasteiger partial charge in [0.05, 0.1) is 11.4 Å². The van der Waals surface area contributed by atoms with Crippen molar-refractivity contribution in [2.45, 2.75) is 18.8 Å².